The van der Waals surface area contributed by atoms with Crippen molar-refractivity contribution in [3.63, 3.8) is 0 Å². The van der Waals surface area contributed by atoms with Crippen LogP contribution in [0.5, 0.6) is 0 Å². The number of Topliss-reactive ketones (excluding diaryl/α,β-unsaturated/α-hetero) is 1. The molecule has 1 aromatic carbocycles. The number of hydrogen-bond donors (Lipinski definition) is 2. The van der Waals surface area contributed by atoms with Crippen LogP contribution in [-0.4, -0.2) is 34.7 Å². The van der Waals surface area contributed by atoms with Crippen LogP contribution < -0.4 is 0 Å². The molecular formula is C26H38O5. The summed E-state index contributed by atoms with van der Waals surface area (Å²) in [6, 6.07) is 8.14. The Morgan fingerprint density at radius 3 is 2.77 bits per heavy atom. The average Bonchev–Trinajstić information content (AvgIpc) is 3.09. The Labute approximate surface area is 186 Å². The van der Waals surface area contributed by atoms with Crippen LogP contribution in [-0.2, 0) is 27.4 Å². The first-order valence-corrected chi connectivity index (χ1v) is 11.8. The van der Waals surface area contributed by atoms with Crippen molar-refractivity contribution in [3.05, 3.63) is 47.5 Å². The Kier molecular flexibility index (Phi) is 11.5. The normalized spacial score (nSPS) is 19.9. The molecule has 1 aliphatic carbocycles. The molecule has 1 aliphatic rings. The number of benzene rings is 1. The van der Waals surface area contributed by atoms with Crippen LogP contribution >= 0.6 is 0 Å². The maximum Gasteiger partial charge on any atom is 0.303 e. The summed E-state index contributed by atoms with van der Waals surface area (Å²) in [5.74, 6) is -0.169. The molecule has 172 valence electrons. The van der Waals surface area contributed by atoms with Gasteiger partial charge in [0.2, 0.25) is 0 Å². The molecule has 2 N–H and O–H groups in total. The predicted molar refractivity (Wildman–Crippen MR) is 122 cm³/mol. The van der Waals surface area contributed by atoms with Crippen molar-refractivity contribution in [1.82, 2.24) is 0 Å². The molecule has 1 saturated carbocycles. The summed E-state index contributed by atoms with van der Waals surface area (Å²) in [6.07, 6.45) is 10.9. The van der Waals surface area contributed by atoms with E-state index in [-0.39, 0.29) is 18.3 Å². The summed E-state index contributed by atoms with van der Waals surface area (Å²) < 4.78 is 5.60. The van der Waals surface area contributed by atoms with Crippen LogP contribution in [0.4, 0.5) is 0 Å². The van der Waals surface area contributed by atoms with E-state index in [1.54, 1.807) is 0 Å². The van der Waals surface area contributed by atoms with Gasteiger partial charge in [0.25, 0.3) is 0 Å². The molecule has 1 aromatic rings. The fraction of sp³-hybridized carbons (Fsp3) is 0.615. The molecule has 0 heterocycles. The maximum absolute atomic E-state index is 12.3. The van der Waals surface area contributed by atoms with Crippen molar-refractivity contribution >= 4 is 11.8 Å². The number of aliphatic carboxylic acids is 1. The minimum Gasteiger partial charge on any atom is -0.481 e. The zero-order valence-corrected chi connectivity index (χ0v) is 18.8. The number of aliphatic hydroxyl groups excluding tert-OH is 1. The lowest BCUT2D eigenvalue weighted by Gasteiger charge is -2.15. The molecule has 2 unspecified atom stereocenters. The first-order chi connectivity index (χ1) is 15.0. The summed E-state index contributed by atoms with van der Waals surface area (Å²) in [5.41, 5.74) is 2.20. The Morgan fingerprint density at radius 2 is 2.00 bits per heavy atom. The van der Waals surface area contributed by atoms with Gasteiger partial charge in [0.15, 0.2) is 0 Å². The van der Waals surface area contributed by atoms with Gasteiger partial charge in [0.1, 0.15) is 5.78 Å². The molecule has 3 atom stereocenters. The van der Waals surface area contributed by atoms with Crippen molar-refractivity contribution in [2.45, 2.75) is 83.8 Å². The van der Waals surface area contributed by atoms with Crippen molar-refractivity contribution in [2.75, 3.05) is 6.61 Å². The third-order valence-corrected chi connectivity index (χ3v) is 5.94. The van der Waals surface area contributed by atoms with E-state index in [2.05, 4.69) is 13.0 Å². The molecule has 0 aromatic heterocycles. The Balaban J connectivity index is 1.78. The number of carboxylic acid groups (broad SMARTS) is 1. The number of carbonyl (C=O) groups is 2. The first-order valence-electron chi connectivity index (χ1n) is 11.8. The van der Waals surface area contributed by atoms with Gasteiger partial charge >= 0.3 is 5.97 Å². The van der Waals surface area contributed by atoms with Gasteiger partial charge in [-0.1, -0.05) is 62.6 Å². The highest BCUT2D eigenvalue weighted by molar-refractivity contribution is 5.83. The van der Waals surface area contributed by atoms with Crippen molar-refractivity contribution in [1.29, 1.82) is 0 Å². The van der Waals surface area contributed by atoms with Gasteiger partial charge < -0.3 is 14.9 Å². The molecule has 0 radical (unpaired) electrons. The summed E-state index contributed by atoms with van der Waals surface area (Å²) in [5, 5.41) is 19.2. The second-order valence-electron chi connectivity index (χ2n) is 8.65. The second-order valence-corrected chi connectivity index (χ2v) is 8.65. The van der Waals surface area contributed by atoms with Crippen LogP contribution in [0.1, 0.15) is 75.8 Å². The van der Waals surface area contributed by atoms with Crippen LogP contribution in [0.25, 0.3) is 0 Å². The van der Waals surface area contributed by atoms with E-state index in [4.69, 9.17) is 9.84 Å². The molecule has 0 spiro atoms. The summed E-state index contributed by atoms with van der Waals surface area (Å²) in [6.45, 7) is 3.43. The SMILES string of the molecule is CCCOCc1cccc(CC(O)/C=C/C2CCC(=O)[C@@H]2CCCCCCC(=O)O)c1. The number of hydrogen-bond acceptors (Lipinski definition) is 4. The number of carbonyl (C=O) groups excluding carboxylic acids is 1. The van der Waals surface area contributed by atoms with Gasteiger partial charge in [-0.2, -0.15) is 0 Å². The van der Waals surface area contributed by atoms with E-state index in [0.29, 0.717) is 31.7 Å². The predicted octanol–water partition coefficient (Wildman–Crippen LogP) is 5.09. The number of ether oxygens (including phenoxy) is 1. The lowest BCUT2D eigenvalue weighted by atomic mass is 9.89. The molecule has 5 nitrogen and oxygen atoms in total. The van der Waals surface area contributed by atoms with Crippen LogP contribution in [0.2, 0.25) is 0 Å². The zero-order valence-electron chi connectivity index (χ0n) is 18.8. The van der Waals surface area contributed by atoms with Gasteiger partial charge in [-0.15, -0.1) is 0 Å². The number of ketones is 1. The smallest absolute Gasteiger partial charge is 0.303 e. The Morgan fingerprint density at radius 1 is 1.23 bits per heavy atom. The lowest BCUT2D eigenvalue weighted by Crippen LogP contribution is -2.14. The van der Waals surface area contributed by atoms with Gasteiger partial charge in [0.05, 0.1) is 12.7 Å². The summed E-state index contributed by atoms with van der Waals surface area (Å²) >= 11 is 0. The molecule has 1 fully saturated rings. The van der Waals surface area contributed by atoms with E-state index < -0.39 is 12.1 Å². The minimum absolute atomic E-state index is 0.0435. The van der Waals surface area contributed by atoms with E-state index in [0.717, 1.165) is 56.3 Å². The highest BCUT2D eigenvalue weighted by Gasteiger charge is 2.32. The summed E-state index contributed by atoms with van der Waals surface area (Å²) in [7, 11) is 0. The van der Waals surface area contributed by atoms with Gasteiger partial charge in [0, 0.05) is 31.8 Å². The van der Waals surface area contributed by atoms with E-state index in [9.17, 15) is 14.7 Å². The number of rotatable bonds is 15. The molecule has 0 aliphatic heterocycles. The van der Waals surface area contributed by atoms with E-state index in [1.165, 1.54) is 0 Å². The molecule has 31 heavy (non-hydrogen) atoms. The van der Waals surface area contributed by atoms with Crippen LogP contribution in [0.3, 0.4) is 0 Å². The third-order valence-electron chi connectivity index (χ3n) is 5.94. The number of allylic oxidation sites excluding steroid dienone is 1. The second kappa shape index (κ2) is 14.2. The fourth-order valence-electron chi connectivity index (χ4n) is 4.29. The van der Waals surface area contributed by atoms with Crippen molar-refractivity contribution in [3.8, 4) is 0 Å². The standard InChI is InChI=1S/C26H38O5/c1-2-16-31-19-21-9-7-8-20(17-21)18-23(27)14-12-22-13-15-25(28)24(22)10-5-3-4-6-11-26(29)30/h7-9,12,14,17,22-24,27H,2-6,10-11,13,15-16,18-19H2,1H3,(H,29,30)/b14-12+/t22?,23?,24-/m1/s1. The largest absolute Gasteiger partial charge is 0.481 e. The highest BCUT2D eigenvalue weighted by Crippen LogP contribution is 2.34. The molecule has 0 saturated heterocycles. The number of unbranched alkanes of at least 4 members (excludes halogenated alkanes) is 3. The maximum atomic E-state index is 12.3. The number of carboxylic acids is 1. The molecule has 5 heteroatoms. The summed E-state index contributed by atoms with van der Waals surface area (Å²) in [4.78, 5) is 22.9. The van der Waals surface area contributed by atoms with Crippen molar-refractivity contribution < 1.29 is 24.5 Å². The van der Waals surface area contributed by atoms with Crippen LogP contribution in [0, 0.1) is 11.8 Å². The highest BCUT2D eigenvalue weighted by atomic mass is 16.5. The lowest BCUT2D eigenvalue weighted by molar-refractivity contribution is -0.137. The Bertz CT molecular complexity index is 712. The topological polar surface area (TPSA) is 83.8 Å². The van der Waals surface area contributed by atoms with E-state index >= 15 is 0 Å². The molecule has 2 rings (SSSR count). The zero-order chi connectivity index (χ0) is 22.5. The molecule has 0 bridgehead atoms. The van der Waals surface area contributed by atoms with Crippen LogP contribution in [0.15, 0.2) is 36.4 Å². The number of aliphatic hydroxyl groups is 1. The molecule has 0 amide bonds. The fourth-order valence-corrected chi connectivity index (χ4v) is 4.29. The average molecular weight is 431 g/mol. The van der Waals surface area contributed by atoms with Crippen molar-refractivity contribution in [2.24, 2.45) is 11.8 Å². The third kappa shape index (κ3) is 9.79. The van der Waals surface area contributed by atoms with Gasteiger partial charge in [-0.3, -0.25) is 9.59 Å². The van der Waals surface area contributed by atoms with Gasteiger partial charge in [-0.25, -0.2) is 0 Å². The van der Waals surface area contributed by atoms with E-state index in [1.807, 2.05) is 30.4 Å². The minimum atomic E-state index is -0.744. The quantitative estimate of drug-likeness (QED) is 0.299. The molecular weight excluding hydrogens is 392 g/mol. The van der Waals surface area contributed by atoms with Gasteiger partial charge in [-0.05, 0) is 42.7 Å². The monoisotopic (exact) mass is 430 g/mol. The first kappa shape index (κ1) is 25.3. The Hall–Kier alpha value is -1.98.